The van der Waals surface area contributed by atoms with Gasteiger partial charge in [0.25, 0.3) is 5.69 Å². The molecule has 2 N–H and O–H groups in total. The zero-order valence-electron chi connectivity index (χ0n) is 12.2. The van der Waals surface area contributed by atoms with Crippen molar-refractivity contribution in [1.29, 1.82) is 0 Å². The molecule has 7 nitrogen and oxygen atoms in total. The molecule has 1 aliphatic heterocycles. The predicted octanol–water partition coefficient (Wildman–Crippen LogP) is 1.30. The van der Waals surface area contributed by atoms with Gasteiger partial charge in [0.15, 0.2) is 0 Å². The number of hydrogen-bond acceptors (Lipinski definition) is 6. The van der Waals surface area contributed by atoms with Crippen molar-refractivity contribution in [2.24, 2.45) is 5.73 Å². The van der Waals surface area contributed by atoms with Gasteiger partial charge in [-0.2, -0.15) is 0 Å². The maximum atomic E-state index is 11.1. The number of rotatable bonds is 6. The van der Waals surface area contributed by atoms with Crippen LogP contribution in [0.25, 0.3) is 0 Å². The molecule has 0 saturated carbocycles. The Hall–Kier alpha value is -1.70. The molecule has 1 aromatic rings. The molecule has 0 aromatic heterocycles. The van der Waals surface area contributed by atoms with Crippen molar-refractivity contribution in [3.8, 4) is 0 Å². The molecule has 21 heavy (non-hydrogen) atoms. The fourth-order valence-electron chi connectivity index (χ4n) is 2.21. The summed E-state index contributed by atoms with van der Waals surface area (Å²) in [6, 6.07) is 5.02. The minimum absolute atomic E-state index is 0.0533. The van der Waals surface area contributed by atoms with E-state index < -0.39 is 0 Å². The zero-order valence-corrected chi connectivity index (χ0v) is 12.2. The maximum absolute atomic E-state index is 11.1. The molecule has 1 fully saturated rings. The molecular formula is C14H21N3O4. The van der Waals surface area contributed by atoms with Crippen molar-refractivity contribution in [2.75, 3.05) is 37.8 Å². The van der Waals surface area contributed by atoms with Gasteiger partial charge in [0, 0.05) is 37.0 Å². The Bertz CT molecular complexity index is 487. The van der Waals surface area contributed by atoms with E-state index in [0.717, 1.165) is 24.3 Å². The predicted molar refractivity (Wildman–Crippen MR) is 79.4 cm³/mol. The number of nitrogens with two attached hydrogens (primary N) is 1. The first kappa shape index (κ1) is 15.7. The molecule has 0 bridgehead atoms. The van der Waals surface area contributed by atoms with Crippen LogP contribution < -0.4 is 10.6 Å². The number of anilines is 1. The molecule has 2 rings (SSSR count). The SMILES string of the molecule is C[C@@H](N)COCc1cc(N2CCOCC2)cc([N+](=O)[O-])c1. The van der Waals surface area contributed by atoms with Crippen LogP contribution in [0.1, 0.15) is 12.5 Å². The summed E-state index contributed by atoms with van der Waals surface area (Å²) in [6.45, 7) is 5.35. The van der Waals surface area contributed by atoms with E-state index in [1.807, 2.05) is 13.0 Å². The van der Waals surface area contributed by atoms with Gasteiger partial charge in [-0.05, 0) is 18.6 Å². The van der Waals surface area contributed by atoms with Gasteiger partial charge in [-0.25, -0.2) is 0 Å². The van der Waals surface area contributed by atoms with Crippen LogP contribution in [-0.2, 0) is 16.1 Å². The summed E-state index contributed by atoms with van der Waals surface area (Å²) in [7, 11) is 0. The summed E-state index contributed by atoms with van der Waals surface area (Å²) in [4.78, 5) is 12.8. The van der Waals surface area contributed by atoms with Crippen molar-refractivity contribution in [1.82, 2.24) is 0 Å². The normalized spacial score (nSPS) is 16.8. The maximum Gasteiger partial charge on any atom is 0.271 e. The van der Waals surface area contributed by atoms with Crippen LogP contribution in [0.5, 0.6) is 0 Å². The summed E-state index contributed by atoms with van der Waals surface area (Å²) < 4.78 is 10.8. The van der Waals surface area contributed by atoms with Gasteiger partial charge in [0.05, 0.1) is 31.4 Å². The highest BCUT2D eigenvalue weighted by atomic mass is 16.6. The number of nitro benzene ring substituents is 1. The minimum Gasteiger partial charge on any atom is -0.378 e. The van der Waals surface area contributed by atoms with Crippen LogP contribution in [0.3, 0.4) is 0 Å². The third kappa shape index (κ3) is 4.66. The first-order chi connectivity index (χ1) is 10.1. The van der Waals surface area contributed by atoms with Crippen molar-refractivity contribution in [2.45, 2.75) is 19.6 Å². The van der Waals surface area contributed by atoms with E-state index in [1.54, 1.807) is 12.1 Å². The summed E-state index contributed by atoms with van der Waals surface area (Å²) in [5, 5.41) is 11.1. The van der Waals surface area contributed by atoms with Gasteiger partial charge in [-0.3, -0.25) is 10.1 Å². The summed E-state index contributed by atoms with van der Waals surface area (Å²) in [5.41, 5.74) is 7.33. The number of non-ortho nitro benzene ring substituents is 1. The molecule has 1 aliphatic rings. The van der Waals surface area contributed by atoms with E-state index in [4.69, 9.17) is 15.2 Å². The van der Waals surface area contributed by atoms with Crippen molar-refractivity contribution < 1.29 is 14.4 Å². The molecular weight excluding hydrogens is 274 g/mol. The number of morpholine rings is 1. The lowest BCUT2D eigenvalue weighted by Crippen LogP contribution is -2.36. The minimum atomic E-state index is -0.376. The highest BCUT2D eigenvalue weighted by Gasteiger charge is 2.16. The van der Waals surface area contributed by atoms with E-state index in [-0.39, 0.29) is 16.7 Å². The Morgan fingerprint density at radius 3 is 2.76 bits per heavy atom. The lowest BCUT2D eigenvalue weighted by Gasteiger charge is -2.29. The van der Waals surface area contributed by atoms with Crippen LogP contribution in [0.2, 0.25) is 0 Å². The molecule has 0 unspecified atom stereocenters. The van der Waals surface area contributed by atoms with E-state index in [2.05, 4.69) is 4.90 Å². The Balaban J connectivity index is 2.15. The number of hydrogen-bond donors (Lipinski definition) is 1. The van der Waals surface area contributed by atoms with Gasteiger partial charge < -0.3 is 20.1 Å². The Labute approximate surface area is 123 Å². The average molecular weight is 295 g/mol. The van der Waals surface area contributed by atoms with E-state index >= 15 is 0 Å². The molecule has 1 atom stereocenters. The first-order valence-corrected chi connectivity index (χ1v) is 7.00. The van der Waals surface area contributed by atoms with Gasteiger partial charge >= 0.3 is 0 Å². The van der Waals surface area contributed by atoms with Crippen LogP contribution in [-0.4, -0.2) is 43.9 Å². The molecule has 116 valence electrons. The monoisotopic (exact) mass is 295 g/mol. The number of nitrogens with zero attached hydrogens (tertiary/aromatic N) is 2. The lowest BCUT2D eigenvalue weighted by molar-refractivity contribution is -0.384. The second-order valence-electron chi connectivity index (χ2n) is 5.21. The smallest absolute Gasteiger partial charge is 0.271 e. The Kier molecular flexibility index (Phi) is 5.49. The topological polar surface area (TPSA) is 90.9 Å². The Morgan fingerprint density at radius 1 is 1.43 bits per heavy atom. The summed E-state index contributed by atoms with van der Waals surface area (Å²) in [5.74, 6) is 0. The molecule has 7 heteroatoms. The van der Waals surface area contributed by atoms with Crippen LogP contribution in [0.15, 0.2) is 18.2 Å². The molecule has 1 aromatic carbocycles. The lowest BCUT2D eigenvalue weighted by atomic mass is 10.1. The van der Waals surface area contributed by atoms with Crippen LogP contribution in [0, 0.1) is 10.1 Å². The molecule has 0 aliphatic carbocycles. The third-order valence-electron chi connectivity index (χ3n) is 3.20. The number of ether oxygens (including phenoxy) is 2. The molecule has 0 amide bonds. The van der Waals surface area contributed by atoms with Crippen molar-refractivity contribution in [3.05, 3.63) is 33.9 Å². The van der Waals surface area contributed by atoms with Gasteiger partial charge in [0.1, 0.15) is 0 Å². The molecule has 0 spiro atoms. The fraction of sp³-hybridized carbons (Fsp3) is 0.571. The highest BCUT2D eigenvalue weighted by Crippen LogP contribution is 2.25. The van der Waals surface area contributed by atoms with Gasteiger partial charge in [-0.1, -0.05) is 0 Å². The standard InChI is InChI=1S/C14H21N3O4/c1-11(15)9-21-10-12-6-13(8-14(7-12)17(18)19)16-2-4-20-5-3-16/h6-8,11H,2-5,9-10,15H2,1H3/t11-/m1/s1. The Morgan fingerprint density at radius 2 is 2.14 bits per heavy atom. The van der Waals surface area contributed by atoms with Crippen LogP contribution in [0.4, 0.5) is 11.4 Å². The summed E-state index contributed by atoms with van der Waals surface area (Å²) >= 11 is 0. The van der Waals surface area contributed by atoms with E-state index in [0.29, 0.717) is 26.4 Å². The molecule has 1 saturated heterocycles. The van der Waals surface area contributed by atoms with E-state index in [9.17, 15) is 10.1 Å². The summed E-state index contributed by atoms with van der Waals surface area (Å²) in [6.07, 6.45) is 0. The van der Waals surface area contributed by atoms with Crippen LogP contribution >= 0.6 is 0 Å². The molecule has 0 radical (unpaired) electrons. The van der Waals surface area contributed by atoms with Crippen molar-refractivity contribution >= 4 is 11.4 Å². The largest absolute Gasteiger partial charge is 0.378 e. The fourth-order valence-corrected chi connectivity index (χ4v) is 2.21. The second-order valence-corrected chi connectivity index (χ2v) is 5.21. The van der Waals surface area contributed by atoms with Crippen molar-refractivity contribution in [3.63, 3.8) is 0 Å². The first-order valence-electron chi connectivity index (χ1n) is 7.00. The average Bonchev–Trinajstić information content (AvgIpc) is 2.47. The quantitative estimate of drug-likeness (QED) is 0.628. The molecule has 1 heterocycles. The number of nitro groups is 1. The zero-order chi connectivity index (χ0) is 15.2. The second kappa shape index (κ2) is 7.35. The third-order valence-corrected chi connectivity index (χ3v) is 3.20. The van der Waals surface area contributed by atoms with E-state index in [1.165, 1.54) is 0 Å². The van der Waals surface area contributed by atoms with Gasteiger partial charge in [-0.15, -0.1) is 0 Å². The number of benzene rings is 1. The highest BCUT2D eigenvalue weighted by molar-refractivity contribution is 5.56. The van der Waals surface area contributed by atoms with Gasteiger partial charge in [0.2, 0.25) is 0 Å².